The summed E-state index contributed by atoms with van der Waals surface area (Å²) in [7, 11) is 0. The van der Waals surface area contributed by atoms with Crippen molar-refractivity contribution < 1.29 is 0 Å². The van der Waals surface area contributed by atoms with Crippen molar-refractivity contribution >= 4 is 29.4 Å². The van der Waals surface area contributed by atoms with E-state index in [4.69, 9.17) is 11.6 Å². The number of thioether (sulfide) groups is 1. The van der Waals surface area contributed by atoms with Crippen LogP contribution in [0.5, 0.6) is 0 Å². The van der Waals surface area contributed by atoms with Gasteiger partial charge in [-0.3, -0.25) is 0 Å². The minimum absolute atomic E-state index is 0.311. The predicted molar refractivity (Wildman–Crippen MR) is 98.8 cm³/mol. The largest absolute Gasteiger partial charge is 0.336 e. The van der Waals surface area contributed by atoms with Crippen LogP contribution < -0.4 is 0 Å². The Hall–Kier alpha value is -1.97. The zero-order chi connectivity index (χ0) is 15.9. The fourth-order valence-corrected chi connectivity index (χ4v) is 3.38. The summed E-state index contributed by atoms with van der Waals surface area (Å²) in [6, 6.07) is 18.3. The summed E-state index contributed by atoms with van der Waals surface area (Å²) >= 11 is 7.79. The van der Waals surface area contributed by atoms with Crippen LogP contribution in [0.3, 0.4) is 0 Å². The van der Waals surface area contributed by atoms with Gasteiger partial charge in [-0.1, -0.05) is 54.1 Å². The number of imidazole rings is 1. The molecule has 1 heterocycles. The van der Waals surface area contributed by atoms with E-state index in [0.29, 0.717) is 5.25 Å². The average molecular weight is 341 g/mol. The Morgan fingerprint density at radius 3 is 2.57 bits per heavy atom. The van der Waals surface area contributed by atoms with Crippen LogP contribution in [0, 0.1) is 0 Å². The smallest absolute Gasteiger partial charge is 0.0946 e. The van der Waals surface area contributed by atoms with Crippen molar-refractivity contribution in [2.24, 2.45) is 0 Å². The molecular weight excluding hydrogens is 324 g/mol. The van der Waals surface area contributed by atoms with Crippen molar-refractivity contribution in [1.29, 1.82) is 0 Å². The SMILES string of the molecule is Clc1ccc(SC(/C=C/c2ccccc2)Cn2ccnc2)cc1. The maximum absolute atomic E-state index is 5.97. The standard InChI is InChI=1S/C19H17ClN2S/c20-17-7-10-18(11-8-17)23-19(14-22-13-12-21-15-22)9-6-16-4-2-1-3-5-16/h1-13,15,19H,14H2/b9-6+. The van der Waals surface area contributed by atoms with Crippen molar-refractivity contribution in [2.75, 3.05) is 0 Å². The highest BCUT2D eigenvalue weighted by Gasteiger charge is 2.08. The molecular formula is C19H17ClN2S. The van der Waals surface area contributed by atoms with Crippen LogP contribution >= 0.6 is 23.4 Å². The second kappa shape index (κ2) is 8.04. The molecule has 3 rings (SSSR count). The molecule has 0 aliphatic carbocycles. The minimum Gasteiger partial charge on any atom is -0.336 e. The van der Waals surface area contributed by atoms with Gasteiger partial charge in [-0.05, 0) is 29.8 Å². The summed E-state index contributed by atoms with van der Waals surface area (Å²) in [4.78, 5) is 5.33. The van der Waals surface area contributed by atoms with Gasteiger partial charge in [0.15, 0.2) is 0 Å². The summed E-state index contributed by atoms with van der Waals surface area (Å²) in [6.45, 7) is 0.872. The third-order valence-corrected chi connectivity index (χ3v) is 4.76. The number of rotatable bonds is 6. The van der Waals surface area contributed by atoms with Crippen LogP contribution in [0.25, 0.3) is 6.08 Å². The molecule has 0 saturated heterocycles. The van der Waals surface area contributed by atoms with Gasteiger partial charge in [-0.15, -0.1) is 11.8 Å². The maximum atomic E-state index is 5.97. The Labute approximate surface area is 145 Å². The van der Waals surface area contributed by atoms with E-state index >= 15 is 0 Å². The number of benzene rings is 2. The number of aromatic nitrogens is 2. The van der Waals surface area contributed by atoms with Gasteiger partial charge < -0.3 is 4.57 Å². The van der Waals surface area contributed by atoms with Crippen molar-refractivity contribution in [2.45, 2.75) is 16.7 Å². The van der Waals surface area contributed by atoms with Gasteiger partial charge in [0.2, 0.25) is 0 Å². The molecule has 2 nitrogen and oxygen atoms in total. The Kier molecular flexibility index (Phi) is 5.56. The lowest BCUT2D eigenvalue weighted by molar-refractivity contribution is 0.720. The van der Waals surface area contributed by atoms with Gasteiger partial charge in [0.05, 0.1) is 6.33 Å². The van der Waals surface area contributed by atoms with Gasteiger partial charge >= 0.3 is 0 Å². The van der Waals surface area contributed by atoms with Gasteiger partial charge in [0, 0.05) is 34.1 Å². The Morgan fingerprint density at radius 2 is 1.87 bits per heavy atom. The Balaban J connectivity index is 1.75. The molecule has 23 heavy (non-hydrogen) atoms. The molecule has 0 saturated carbocycles. The molecule has 1 unspecified atom stereocenters. The van der Waals surface area contributed by atoms with E-state index in [9.17, 15) is 0 Å². The van der Waals surface area contributed by atoms with Gasteiger partial charge in [0.25, 0.3) is 0 Å². The maximum Gasteiger partial charge on any atom is 0.0946 e. The van der Waals surface area contributed by atoms with E-state index < -0.39 is 0 Å². The highest BCUT2D eigenvalue weighted by Crippen LogP contribution is 2.27. The molecule has 0 fully saturated rings. The fourth-order valence-electron chi connectivity index (χ4n) is 2.21. The second-order valence-corrected chi connectivity index (χ2v) is 6.89. The monoisotopic (exact) mass is 340 g/mol. The highest BCUT2D eigenvalue weighted by atomic mass is 35.5. The molecule has 4 heteroatoms. The average Bonchev–Trinajstić information content (AvgIpc) is 3.09. The first-order chi connectivity index (χ1) is 11.3. The summed E-state index contributed by atoms with van der Waals surface area (Å²) < 4.78 is 2.10. The first kappa shape index (κ1) is 15.9. The molecule has 0 aliphatic heterocycles. The predicted octanol–water partition coefficient (Wildman–Crippen LogP) is 5.41. The summed E-state index contributed by atoms with van der Waals surface area (Å²) in [6.07, 6.45) is 10.1. The van der Waals surface area contributed by atoms with Crippen LogP contribution in [0.4, 0.5) is 0 Å². The summed E-state index contributed by atoms with van der Waals surface area (Å²) in [5.74, 6) is 0. The van der Waals surface area contributed by atoms with Crippen molar-refractivity contribution in [3.63, 3.8) is 0 Å². The van der Waals surface area contributed by atoms with Crippen molar-refractivity contribution in [3.8, 4) is 0 Å². The van der Waals surface area contributed by atoms with Crippen molar-refractivity contribution in [3.05, 3.63) is 90.0 Å². The van der Waals surface area contributed by atoms with E-state index in [1.165, 1.54) is 10.5 Å². The quantitative estimate of drug-likeness (QED) is 0.558. The third-order valence-electron chi connectivity index (χ3n) is 3.35. The number of halogens is 1. The number of hydrogen-bond donors (Lipinski definition) is 0. The van der Waals surface area contributed by atoms with Crippen LogP contribution in [0.2, 0.25) is 5.02 Å². The van der Waals surface area contributed by atoms with Gasteiger partial charge in [-0.25, -0.2) is 4.98 Å². The van der Waals surface area contributed by atoms with Crippen LogP contribution in [0.1, 0.15) is 5.56 Å². The molecule has 0 N–H and O–H groups in total. The second-order valence-electron chi connectivity index (χ2n) is 5.14. The van der Waals surface area contributed by atoms with Crippen LogP contribution in [-0.2, 0) is 6.54 Å². The molecule has 0 spiro atoms. The van der Waals surface area contributed by atoms with E-state index in [2.05, 4.69) is 58.1 Å². The molecule has 0 radical (unpaired) electrons. The van der Waals surface area contributed by atoms with E-state index in [-0.39, 0.29) is 0 Å². The topological polar surface area (TPSA) is 17.8 Å². The molecule has 116 valence electrons. The summed E-state index contributed by atoms with van der Waals surface area (Å²) in [5, 5.41) is 1.07. The molecule has 1 aromatic heterocycles. The van der Waals surface area contributed by atoms with Gasteiger partial charge in [-0.2, -0.15) is 0 Å². The normalized spacial score (nSPS) is 12.6. The Bertz CT molecular complexity index is 737. The first-order valence-corrected chi connectivity index (χ1v) is 8.66. The zero-order valence-electron chi connectivity index (χ0n) is 12.5. The van der Waals surface area contributed by atoms with Gasteiger partial charge in [0.1, 0.15) is 0 Å². The lowest BCUT2D eigenvalue weighted by Gasteiger charge is -2.13. The molecule has 1 atom stereocenters. The van der Waals surface area contributed by atoms with Crippen LogP contribution in [-0.4, -0.2) is 14.8 Å². The van der Waals surface area contributed by atoms with Crippen molar-refractivity contribution in [1.82, 2.24) is 9.55 Å². The molecule has 0 aliphatic rings. The molecule has 0 bridgehead atoms. The first-order valence-electron chi connectivity index (χ1n) is 7.41. The lowest BCUT2D eigenvalue weighted by Crippen LogP contribution is -2.09. The molecule has 3 aromatic rings. The lowest BCUT2D eigenvalue weighted by atomic mass is 10.2. The molecule has 0 amide bonds. The van der Waals surface area contributed by atoms with E-state index in [1.54, 1.807) is 0 Å². The van der Waals surface area contributed by atoms with E-state index in [1.807, 2.05) is 48.7 Å². The zero-order valence-corrected chi connectivity index (χ0v) is 14.1. The van der Waals surface area contributed by atoms with Crippen LogP contribution in [0.15, 0.2) is 84.3 Å². The number of nitrogens with zero attached hydrogens (tertiary/aromatic N) is 2. The highest BCUT2D eigenvalue weighted by molar-refractivity contribution is 8.00. The number of hydrogen-bond acceptors (Lipinski definition) is 2. The Morgan fingerprint density at radius 1 is 1.09 bits per heavy atom. The molecule has 2 aromatic carbocycles. The summed E-state index contributed by atoms with van der Waals surface area (Å²) in [5.41, 5.74) is 1.21. The third kappa shape index (κ3) is 5.02. The fraction of sp³-hybridized carbons (Fsp3) is 0.105. The minimum atomic E-state index is 0.311. The van der Waals surface area contributed by atoms with E-state index in [0.717, 1.165) is 11.6 Å².